The number of thiophene rings is 1. The minimum absolute atomic E-state index is 0.0657. The Bertz CT molecular complexity index is 406. The largest absolute Gasteiger partial charge is 0.478 e. The van der Waals surface area contributed by atoms with Gasteiger partial charge in [-0.15, -0.1) is 11.3 Å². The van der Waals surface area contributed by atoms with E-state index in [1.54, 1.807) is 20.8 Å². The van der Waals surface area contributed by atoms with Crippen molar-refractivity contribution in [3.8, 4) is 0 Å². The third-order valence-corrected chi connectivity index (χ3v) is 2.97. The summed E-state index contributed by atoms with van der Waals surface area (Å²) in [6, 6.07) is 0. The smallest absolute Gasteiger partial charge is 0.340 e. The maximum Gasteiger partial charge on any atom is 0.340 e. The molecule has 15 heavy (non-hydrogen) atoms. The molecule has 0 amide bonds. The Labute approximate surface area is 91.5 Å². The Morgan fingerprint density at radius 1 is 1.27 bits per heavy atom. The Morgan fingerprint density at radius 3 is 2.27 bits per heavy atom. The lowest BCUT2D eigenvalue weighted by Crippen LogP contribution is -2.11. The van der Waals surface area contributed by atoms with Crippen LogP contribution in [0.25, 0.3) is 0 Å². The maximum absolute atomic E-state index is 11.5. The molecule has 0 saturated carbocycles. The molecular formula is C10H12O4S. The zero-order chi connectivity index (χ0) is 11.6. The second-order valence-electron chi connectivity index (χ2n) is 2.99. The predicted molar refractivity (Wildman–Crippen MR) is 56.7 cm³/mol. The molecule has 0 fully saturated rings. The van der Waals surface area contributed by atoms with E-state index in [1.165, 1.54) is 11.3 Å². The number of ether oxygens (including phenoxy) is 1. The monoisotopic (exact) mass is 228 g/mol. The minimum atomic E-state index is -1.08. The lowest BCUT2D eigenvalue weighted by atomic mass is 10.1. The van der Waals surface area contributed by atoms with Crippen LogP contribution in [0.5, 0.6) is 0 Å². The van der Waals surface area contributed by atoms with Crippen LogP contribution < -0.4 is 0 Å². The van der Waals surface area contributed by atoms with Gasteiger partial charge in [-0.3, -0.25) is 0 Å². The fourth-order valence-corrected chi connectivity index (χ4v) is 2.43. The molecule has 1 aromatic heterocycles. The maximum atomic E-state index is 11.5. The van der Waals surface area contributed by atoms with Gasteiger partial charge in [-0.1, -0.05) is 0 Å². The van der Waals surface area contributed by atoms with E-state index < -0.39 is 11.9 Å². The van der Waals surface area contributed by atoms with Crippen molar-refractivity contribution in [2.24, 2.45) is 0 Å². The van der Waals surface area contributed by atoms with Crippen LogP contribution in [-0.2, 0) is 4.74 Å². The lowest BCUT2D eigenvalue weighted by Gasteiger charge is -2.02. The number of hydrogen-bond donors (Lipinski definition) is 1. The Hall–Kier alpha value is -1.36. The van der Waals surface area contributed by atoms with Gasteiger partial charge in [0.2, 0.25) is 0 Å². The van der Waals surface area contributed by atoms with E-state index in [0.717, 1.165) is 0 Å². The first kappa shape index (κ1) is 11.7. The average Bonchev–Trinajstić information content (AvgIpc) is 2.41. The summed E-state index contributed by atoms with van der Waals surface area (Å²) < 4.78 is 4.82. The summed E-state index contributed by atoms with van der Waals surface area (Å²) in [4.78, 5) is 23.8. The fraction of sp³-hybridized carbons (Fsp3) is 0.400. The zero-order valence-electron chi connectivity index (χ0n) is 8.79. The SMILES string of the molecule is CCOC(=O)c1c(C)sc(C)c1C(=O)O. The van der Waals surface area contributed by atoms with Gasteiger partial charge in [0.1, 0.15) is 0 Å². The molecule has 1 rings (SSSR count). The van der Waals surface area contributed by atoms with Gasteiger partial charge in [0, 0.05) is 9.75 Å². The molecule has 5 heteroatoms. The molecule has 4 nitrogen and oxygen atoms in total. The van der Waals surface area contributed by atoms with Gasteiger partial charge < -0.3 is 9.84 Å². The van der Waals surface area contributed by atoms with Crippen molar-refractivity contribution in [2.75, 3.05) is 6.61 Å². The highest BCUT2D eigenvalue weighted by molar-refractivity contribution is 7.12. The first-order chi connectivity index (χ1) is 6.99. The van der Waals surface area contributed by atoms with E-state index in [0.29, 0.717) is 9.75 Å². The fourth-order valence-electron chi connectivity index (χ4n) is 1.39. The van der Waals surface area contributed by atoms with Gasteiger partial charge in [-0.05, 0) is 20.8 Å². The van der Waals surface area contributed by atoms with Crippen LogP contribution in [0.1, 0.15) is 37.4 Å². The number of carbonyl (C=O) groups is 2. The standard InChI is InChI=1S/C10H12O4S/c1-4-14-10(13)8-6(3)15-5(2)7(8)9(11)12/h4H2,1-3H3,(H,11,12). The summed E-state index contributed by atoms with van der Waals surface area (Å²) in [7, 11) is 0. The summed E-state index contributed by atoms with van der Waals surface area (Å²) in [6.45, 7) is 5.33. The molecule has 0 aromatic carbocycles. The van der Waals surface area contributed by atoms with E-state index in [-0.39, 0.29) is 17.7 Å². The second kappa shape index (κ2) is 4.44. The van der Waals surface area contributed by atoms with Gasteiger partial charge in [0.05, 0.1) is 17.7 Å². The van der Waals surface area contributed by atoms with E-state index in [9.17, 15) is 9.59 Å². The molecule has 0 saturated heterocycles. The van der Waals surface area contributed by atoms with Gasteiger partial charge in [-0.2, -0.15) is 0 Å². The predicted octanol–water partition coefficient (Wildman–Crippen LogP) is 2.24. The Morgan fingerprint density at radius 2 is 1.80 bits per heavy atom. The molecule has 1 heterocycles. The van der Waals surface area contributed by atoms with Crippen molar-refractivity contribution in [2.45, 2.75) is 20.8 Å². The molecule has 0 aliphatic carbocycles. The molecule has 0 atom stereocenters. The number of carbonyl (C=O) groups excluding carboxylic acids is 1. The van der Waals surface area contributed by atoms with Gasteiger partial charge in [0.25, 0.3) is 0 Å². The van der Waals surface area contributed by atoms with Crippen LogP contribution >= 0.6 is 11.3 Å². The van der Waals surface area contributed by atoms with Crippen molar-refractivity contribution in [3.05, 3.63) is 20.9 Å². The topological polar surface area (TPSA) is 63.6 Å². The number of esters is 1. The quantitative estimate of drug-likeness (QED) is 0.806. The van der Waals surface area contributed by atoms with Crippen molar-refractivity contribution < 1.29 is 19.4 Å². The van der Waals surface area contributed by atoms with Gasteiger partial charge >= 0.3 is 11.9 Å². The molecule has 0 unspecified atom stereocenters. The van der Waals surface area contributed by atoms with Crippen molar-refractivity contribution in [3.63, 3.8) is 0 Å². The van der Waals surface area contributed by atoms with E-state index in [2.05, 4.69) is 0 Å². The summed E-state index contributed by atoms with van der Waals surface area (Å²) in [5.74, 6) is -1.64. The highest BCUT2D eigenvalue weighted by Gasteiger charge is 2.24. The number of hydrogen-bond acceptors (Lipinski definition) is 4. The molecule has 0 bridgehead atoms. The third kappa shape index (κ3) is 2.18. The van der Waals surface area contributed by atoms with E-state index >= 15 is 0 Å². The molecule has 0 radical (unpaired) electrons. The number of rotatable bonds is 3. The summed E-state index contributed by atoms with van der Waals surface area (Å²) in [5, 5.41) is 8.98. The summed E-state index contributed by atoms with van der Waals surface area (Å²) >= 11 is 1.30. The molecule has 0 aliphatic heterocycles. The van der Waals surface area contributed by atoms with Crippen LogP contribution in [-0.4, -0.2) is 23.7 Å². The number of carboxylic acids is 1. The normalized spacial score (nSPS) is 10.1. The molecular weight excluding hydrogens is 216 g/mol. The minimum Gasteiger partial charge on any atom is -0.478 e. The first-order valence-electron chi connectivity index (χ1n) is 4.49. The Balaban J connectivity index is 3.26. The zero-order valence-corrected chi connectivity index (χ0v) is 9.60. The molecule has 1 N–H and O–H groups in total. The number of carboxylic acid groups (broad SMARTS) is 1. The highest BCUT2D eigenvalue weighted by Crippen LogP contribution is 2.28. The van der Waals surface area contributed by atoms with Crippen LogP contribution in [0.15, 0.2) is 0 Å². The Kier molecular flexibility index (Phi) is 3.47. The van der Waals surface area contributed by atoms with Crippen LogP contribution in [0.3, 0.4) is 0 Å². The second-order valence-corrected chi connectivity index (χ2v) is 4.42. The van der Waals surface area contributed by atoms with Crippen LogP contribution in [0.2, 0.25) is 0 Å². The number of aromatic carboxylic acids is 1. The van der Waals surface area contributed by atoms with Crippen molar-refractivity contribution >= 4 is 23.3 Å². The third-order valence-electron chi connectivity index (χ3n) is 1.95. The first-order valence-corrected chi connectivity index (χ1v) is 5.31. The van der Waals surface area contributed by atoms with E-state index in [1.807, 2.05) is 0 Å². The van der Waals surface area contributed by atoms with Crippen molar-refractivity contribution in [1.29, 1.82) is 0 Å². The highest BCUT2D eigenvalue weighted by atomic mass is 32.1. The average molecular weight is 228 g/mol. The summed E-state index contributed by atoms with van der Waals surface area (Å²) in [5.41, 5.74) is 0.253. The molecule has 1 aromatic rings. The summed E-state index contributed by atoms with van der Waals surface area (Å²) in [6.07, 6.45) is 0. The van der Waals surface area contributed by atoms with Gasteiger partial charge in [0.15, 0.2) is 0 Å². The van der Waals surface area contributed by atoms with E-state index in [4.69, 9.17) is 9.84 Å². The molecule has 82 valence electrons. The molecule has 0 aliphatic rings. The van der Waals surface area contributed by atoms with Crippen molar-refractivity contribution in [1.82, 2.24) is 0 Å². The lowest BCUT2D eigenvalue weighted by molar-refractivity contribution is 0.0514. The van der Waals surface area contributed by atoms with Crippen LogP contribution in [0, 0.1) is 13.8 Å². The molecule has 0 spiro atoms. The number of aryl methyl sites for hydroxylation is 2. The van der Waals surface area contributed by atoms with Crippen LogP contribution in [0.4, 0.5) is 0 Å². The van der Waals surface area contributed by atoms with Gasteiger partial charge in [-0.25, -0.2) is 9.59 Å².